The SMILES string of the molecule is CCNC(c1ccccc1)C(C)SC1COC1. The third kappa shape index (κ3) is 3.47. The second-order valence-electron chi connectivity index (χ2n) is 4.45. The number of hydrogen-bond acceptors (Lipinski definition) is 3. The van der Waals surface area contributed by atoms with Crippen LogP contribution in [-0.4, -0.2) is 30.3 Å². The van der Waals surface area contributed by atoms with Crippen LogP contribution < -0.4 is 5.32 Å². The minimum atomic E-state index is 0.437. The van der Waals surface area contributed by atoms with Crippen molar-refractivity contribution in [3.05, 3.63) is 35.9 Å². The first-order valence-electron chi connectivity index (χ1n) is 6.32. The molecule has 1 aliphatic heterocycles. The highest BCUT2D eigenvalue weighted by Gasteiger charge is 2.26. The highest BCUT2D eigenvalue weighted by molar-refractivity contribution is 8.00. The lowest BCUT2D eigenvalue weighted by atomic mass is 10.0. The molecule has 0 radical (unpaired) electrons. The molecule has 2 atom stereocenters. The van der Waals surface area contributed by atoms with Crippen molar-refractivity contribution >= 4 is 11.8 Å². The molecule has 1 saturated heterocycles. The molecule has 1 N–H and O–H groups in total. The standard InChI is InChI=1S/C14H21NOS/c1-3-15-14(12-7-5-4-6-8-12)11(2)17-13-9-16-10-13/h4-8,11,13-15H,3,9-10H2,1-2H3. The van der Waals surface area contributed by atoms with E-state index in [0.717, 1.165) is 19.8 Å². The molecule has 1 aromatic carbocycles. The predicted molar refractivity (Wildman–Crippen MR) is 74.5 cm³/mol. The number of nitrogens with one attached hydrogen (secondary N) is 1. The zero-order valence-corrected chi connectivity index (χ0v) is 11.4. The van der Waals surface area contributed by atoms with E-state index >= 15 is 0 Å². The van der Waals surface area contributed by atoms with Crippen molar-refractivity contribution in [2.45, 2.75) is 30.4 Å². The highest BCUT2D eigenvalue weighted by atomic mass is 32.2. The lowest BCUT2D eigenvalue weighted by Crippen LogP contribution is -2.36. The van der Waals surface area contributed by atoms with Gasteiger partial charge in [-0.05, 0) is 12.1 Å². The monoisotopic (exact) mass is 251 g/mol. The lowest BCUT2D eigenvalue weighted by Gasteiger charge is -2.32. The van der Waals surface area contributed by atoms with Crippen molar-refractivity contribution < 1.29 is 4.74 Å². The minimum Gasteiger partial charge on any atom is -0.379 e. The van der Waals surface area contributed by atoms with E-state index in [9.17, 15) is 0 Å². The molecule has 1 aromatic rings. The number of benzene rings is 1. The summed E-state index contributed by atoms with van der Waals surface area (Å²) in [6.45, 7) is 7.32. The molecule has 0 aromatic heterocycles. The Morgan fingerprint density at radius 3 is 2.59 bits per heavy atom. The van der Waals surface area contributed by atoms with Gasteiger partial charge in [0.1, 0.15) is 0 Å². The summed E-state index contributed by atoms with van der Waals surface area (Å²) < 4.78 is 5.24. The van der Waals surface area contributed by atoms with Crippen molar-refractivity contribution in [3.63, 3.8) is 0 Å². The van der Waals surface area contributed by atoms with Gasteiger partial charge in [-0.3, -0.25) is 0 Å². The second kappa shape index (κ2) is 6.43. The summed E-state index contributed by atoms with van der Waals surface area (Å²) in [5.41, 5.74) is 1.38. The summed E-state index contributed by atoms with van der Waals surface area (Å²) in [5.74, 6) is 0. The van der Waals surface area contributed by atoms with Crippen LogP contribution >= 0.6 is 11.8 Å². The summed E-state index contributed by atoms with van der Waals surface area (Å²) >= 11 is 2.04. The topological polar surface area (TPSA) is 21.3 Å². The van der Waals surface area contributed by atoms with Crippen LogP contribution in [0.1, 0.15) is 25.5 Å². The molecule has 17 heavy (non-hydrogen) atoms. The van der Waals surface area contributed by atoms with Gasteiger partial charge < -0.3 is 10.1 Å². The number of hydrogen-bond donors (Lipinski definition) is 1. The molecule has 94 valence electrons. The Morgan fingerprint density at radius 1 is 1.35 bits per heavy atom. The molecule has 0 aliphatic carbocycles. The second-order valence-corrected chi connectivity index (χ2v) is 6.13. The fraction of sp³-hybridized carbons (Fsp3) is 0.571. The van der Waals surface area contributed by atoms with E-state index in [1.807, 2.05) is 11.8 Å². The first-order chi connectivity index (χ1) is 8.31. The van der Waals surface area contributed by atoms with Gasteiger partial charge in [0.25, 0.3) is 0 Å². The van der Waals surface area contributed by atoms with Gasteiger partial charge in [0, 0.05) is 11.3 Å². The van der Waals surface area contributed by atoms with E-state index in [2.05, 4.69) is 49.5 Å². The Kier molecular flexibility index (Phi) is 4.89. The summed E-state index contributed by atoms with van der Waals surface area (Å²) in [5, 5.41) is 4.86. The quantitative estimate of drug-likeness (QED) is 0.840. The maximum Gasteiger partial charge on any atom is 0.0608 e. The van der Waals surface area contributed by atoms with Crippen LogP contribution in [0.4, 0.5) is 0 Å². The molecule has 2 rings (SSSR count). The number of thioether (sulfide) groups is 1. The van der Waals surface area contributed by atoms with Crippen LogP contribution in [0.15, 0.2) is 30.3 Å². The van der Waals surface area contributed by atoms with E-state index in [-0.39, 0.29) is 0 Å². The van der Waals surface area contributed by atoms with Gasteiger partial charge in [-0.15, -0.1) is 11.8 Å². The Bertz CT molecular complexity index is 326. The van der Waals surface area contributed by atoms with E-state index in [1.165, 1.54) is 5.56 Å². The Labute approximate surface area is 108 Å². The van der Waals surface area contributed by atoms with Gasteiger partial charge >= 0.3 is 0 Å². The first kappa shape index (κ1) is 12.9. The highest BCUT2D eigenvalue weighted by Crippen LogP contribution is 2.31. The van der Waals surface area contributed by atoms with E-state index in [0.29, 0.717) is 16.5 Å². The molecule has 3 heteroatoms. The van der Waals surface area contributed by atoms with Crippen LogP contribution in [0.5, 0.6) is 0 Å². The third-order valence-corrected chi connectivity index (χ3v) is 4.43. The Balaban J connectivity index is 2.00. The van der Waals surface area contributed by atoms with E-state index in [1.54, 1.807) is 0 Å². The summed E-state index contributed by atoms with van der Waals surface area (Å²) in [4.78, 5) is 0. The minimum absolute atomic E-state index is 0.437. The Morgan fingerprint density at radius 2 is 2.06 bits per heavy atom. The zero-order chi connectivity index (χ0) is 12.1. The number of rotatable bonds is 6. The molecular formula is C14H21NOS. The average Bonchev–Trinajstić information content (AvgIpc) is 2.31. The average molecular weight is 251 g/mol. The lowest BCUT2D eigenvalue weighted by molar-refractivity contribution is 0.0452. The normalized spacial score (nSPS) is 19.6. The first-order valence-corrected chi connectivity index (χ1v) is 7.27. The van der Waals surface area contributed by atoms with Crippen LogP contribution in [0.3, 0.4) is 0 Å². The molecule has 0 bridgehead atoms. The van der Waals surface area contributed by atoms with Gasteiger partial charge in [0.05, 0.1) is 18.5 Å². The van der Waals surface area contributed by atoms with Crippen molar-refractivity contribution in [1.82, 2.24) is 5.32 Å². The molecule has 1 aliphatic rings. The summed E-state index contributed by atoms with van der Waals surface area (Å²) in [6.07, 6.45) is 0. The molecule has 2 unspecified atom stereocenters. The maximum absolute atomic E-state index is 5.24. The molecule has 0 spiro atoms. The van der Waals surface area contributed by atoms with Gasteiger partial charge in [-0.1, -0.05) is 44.2 Å². The molecular weight excluding hydrogens is 230 g/mol. The zero-order valence-electron chi connectivity index (χ0n) is 10.6. The van der Waals surface area contributed by atoms with Crippen LogP contribution in [0.25, 0.3) is 0 Å². The molecule has 0 amide bonds. The number of ether oxygens (including phenoxy) is 1. The molecule has 1 heterocycles. The molecule has 1 fully saturated rings. The maximum atomic E-state index is 5.24. The Hall–Kier alpha value is -0.510. The van der Waals surface area contributed by atoms with Crippen molar-refractivity contribution in [1.29, 1.82) is 0 Å². The smallest absolute Gasteiger partial charge is 0.0608 e. The van der Waals surface area contributed by atoms with Crippen molar-refractivity contribution in [3.8, 4) is 0 Å². The van der Waals surface area contributed by atoms with Crippen LogP contribution in [0.2, 0.25) is 0 Å². The van der Waals surface area contributed by atoms with Crippen molar-refractivity contribution in [2.24, 2.45) is 0 Å². The summed E-state index contributed by atoms with van der Waals surface area (Å²) in [6, 6.07) is 11.2. The van der Waals surface area contributed by atoms with Gasteiger partial charge in [0.2, 0.25) is 0 Å². The molecule has 0 saturated carbocycles. The van der Waals surface area contributed by atoms with Crippen LogP contribution in [0, 0.1) is 0 Å². The molecule has 2 nitrogen and oxygen atoms in total. The van der Waals surface area contributed by atoms with Gasteiger partial charge in [-0.25, -0.2) is 0 Å². The third-order valence-electron chi connectivity index (χ3n) is 3.07. The summed E-state index contributed by atoms with van der Waals surface area (Å²) in [7, 11) is 0. The fourth-order valence-electron chi connectivity index (χ4n) is 2.11. The fourth-order valence-corrected chi connectivity index (χ4v) is 3.48. The van der Waals surface area contributed by atoms with Gasteiger partial charge in [0.15, 0.2) is 0 Å². The van der Waals surface area contributed by atoms with Crippen LogP contribution in [-0.2, 0) is 4.74 Å². The van der Waals surface area contributed by atoms with Gasteiger partial charge in [-0.2, -0.15) is 0 Å². The predicted octanol–water partition coefficient (Wildman–Crippen LogP) is 2.86. The van der Waals surface area contributed by atoms with E-state index < -0.39 is 0 Å². The van der Waals surface area contributed by atoms with Crippen molar-refractivity contribution in [2.75, 3.05) is 19.8 Å². The largest absolute Gasteiger partial charge is 0.379 e. The van der Waals surface area contributed by atoms with E-state index in [4.69, 9.17) is 4.74 Å².